The van der Waals surface area contributed by atoms with Crippen LogP contribution in [0.1, 0.15) is 39.0 Å². The predicted octanol–water partition coefficient (Wildman–Crippen LogP) is 2.42. The van der Waals surface area contributed by atoms with E-state index in [0.717, 1.165) is 12.8 Å². The number of hydrogen-bond donors (Lipinski definition) is 0. The topological polar surface area (TPSA) is 34.9 Å². The molecule has 1 aliphatic rings. The van der Waals surface area contributed by atoms with Crippen LogP contribution in [0, 0.1) is 5.41 Å². The molecular weight excluding hydrogens is 188 g/mol. The Morgan fingerprint density at radius 3 is 2.73 bits per heavy atom. The zero-order chi connectivity index (χ0) is 10.7. The number of ketones is 1. The van der Waals surface area contributed by atoms with Crippen molar-refractivity contribution >= 4 is 5.78 Å². The SMILES string of the molecule is CC1(C(=O)Cn2ccnc2)CCCCC1. The first-order chi connectivity index (χ1) is 7.21. The van der Waals surface area contributed by atoms with Crippen LogP contribution < -0.4 is 0 Å². The number of nitrogens with zero attached hydrogens (tertiary/aromatic N) is 2. The zero-order valence-electron chi connectivity index (χ0n) is 9.28. The van der Waals surface area contributed by atoms with Gasteiger partial charge in [0, 0.05) is 17.8 Å². The third kappa shape index (κ3) is 2.28. The number of hydrogen-bond acceptors (Lipinski definition) is 2. The third-order valence-corrected chi connectivity index (χ3v) is 3.52. The summed E-state index contributed by atoms with van der Waals surface area (Å²) < 4.78 is 1.86. The first-order valence-corrected chi connectivity index (χ1v) is 5.70. The Morgan fingerprint density at radius 1 is 1.40 bits per heavy atom. The van der Waals surface area contributed by atoms with Gasteiger partial charge in [-0.25, -0.2) is 4.98 Å². The van der Waals surface area contributed by atoms with Crippen LogP contribution in [0.3, 0.4) is 0 Å². The highest BCUT2D eigenvalue weighted by atomic mass is 16.1. The van der Waals surface area contributed by atoms with Gasteiger partial charge in [0.1, 0.15) is 0 Å². The van der Waals surface area contributed by atoms with E-state index in [4.69, 9.17) is 0 Å². The number of carbonyl (C=O) groups excluding carboxylic acids is 1. The highest BCUT2D eigenvalue weighted by Gasteiger charge is 2.33. The lowest BCUT2D eigenvalue weighted by Crippen LogP contribution is -2.32. The molecule has 0 saturated heterocycles. The maximum atomic E-state index is 12.1. The lowest BCUT2D eigenvalue weighted by Gasteiger charge is -2.32. The highest BCUT2D eigenvalue weighted by molar-refractivity contribution is 5.84. The van der Waals surface area contributed by atoms with Gasteiger partial charge in [-0.2, -0.15) is 0 Å². The molecule has 1 heterocycles. The number of Topliss-reactive ketones (excluding diaryl/α,β-unsaturated/α-hetero) is 1. The molecule has 0 N–H and O–H groups in total. The van der Waals surface area contributed by atoms with E-state index >= 15 is 0 Å². The molecule has 3 nitrogen and oxygen atoms in total. The molecule has 0 aromatic carbocycles. The van der Waals surface area contributed by atoms with Crippen molar-refractivity contribution in [1.82, 2.24) is 9.55 Å². The second-order valence-electron chi connectivity index (χ2n) is 4.78. The quantitative estimate of drug-likeness (QED) is 0.761. The summed E-state index contributed by atoms with van der Waals surface area (Å²) in [6, 6.07) is 0. The smallest absolute Gasteiger partial charge is 0.158 e. The van der Waals surface area contributed by atoms with Crippen LogP contribution in [-0.2, 0) is 11.3 Å². The summed E-state index contributed by atoms with van der Waals surface area (Å²) in [5.74, 6) is 0.361. The molecule has 15 heavy (non-hydrogen) atoms. The van der Waals surface area contributed by atoms with Crippen molar-refractivity contribution in [2.45, 2.75) is 45.6 Å². The summed E-state index contributed by atoms with van der Waals surface area (Å²) in [5.41, 5.74) is -0.0808. The van der Waals surface area contributed by atoms with Crippen molar-refractivity contribution in [3.63, 3.8) is 0 Å². The van der Waals surface area contributed by atoms with E-state index in [1.807, 2.05) is 10.8 Å². The summed E-state index contributed by atoms with van der Waals surface area (Å²) in [6.07, 6.45) is 11.1. The highest BCUT2D eigenvalue weighted by Crippen LogP contribution is 2.36. The van der Waals surface area contributed by atoms with Crippen LogP contribution in [-0.4, -0.2) is 15.3 Å². The minimum atomic E-state index is -0.0808. The van der Waals surface area contributed by atoms with E-state index in [0.29, 0.717) is 12.3 Å². The number of carbonyl (C=O) groups is 1. The van der Waals surface area contributed by atoms with E-state index in [2.05, 4.69) is 11.9 Å². The van der Waals surface area contributed by atoms with E-state index < -0.39 is 0 Å². The van der Waals surface area contributed by atoms with Gasteiger partial charge in [0.15, 0.2) is 5.78 Å². The van der Waals surface area contributed by atoms with Gasteiger partial charge in [0.2, 0.25) is 0 Å². The molecule has 0 atom stereocenters. The third-order valence-electron chi connectivity index (χ3n) is 3.52. The van der Waals surface area contributed by atoms with Crippen molar-refractivity contribution in [2.24, 2.45) is 5.41 Å². The Balaban J connectivity index is 2.00. The molecule has 0 spiro atoms. The van der Waals surface area contributed by atoms with E-state index in [-0.39, 0.29) is 5.41 Å². The Labute approximate surface area is 90.5 Å². The van der Waals surface area contributed by atoms with Gasteiger partial charge < -0.3 is 4.57 Å². The molecule has 0 amide bonds. The number of aromatic nitrogens is 2. The van der Waals surface area contributed by atoms with Crippen molar-refractivity contribution in [3.8, 4) is 0 Å². The van der Waals surface area contributed by atoms with Gasteiger partial charge in [-0.3, -0.25) is 4.79 Å². The molecule has 82 valence electrons. The fourth-order valence-corrected chi connectivity index (χ4v) is 2.35. The van der Waals surface area contributed by atoms with Crippen LogP contribution in [0.4, 0.5) is 0 Å². The Kier molecular flexibility index (Phi) is 2.89. The van der Waals surface area contributed by atoms with Gasteiger partial charge in [-0.15, -0.1) is 0 Å². The van der Waals surface area contributed by atoms with Gasteiger partial charge >= 0.3 is 0 Å². The van der Waals surface area contributed by atoms with Gasteiger partial charge in [0.05, 0.1) is 12.9 Å². The number of rotatable bonds is 3. The van der Waals surface area contributed by atoms with Crippen LogP contribution >= 0.6 is 0 Å². The second kappa shape index (κ2) is 4.17. The Hall–Kier alpha value is -1.12. The van der Waals surface area contributed by atoms with Crippen LogP contribution in [0.5, 0.6) is 0 Å². The molecule has 0 bridgehead atoms. The minimum absolute atomic E-state index is 0.0808. The molecule has 1 aromatic rings. The average molecular weight is 206 g/mol. The lowest BCUT2D eigenvalue weighted by atomic mass is 9.72. The fourth-order valence-electron chi connectivity index (χ4n) is 2.35. The van der Waals surface area contributed by atoms with E-state index in [1.54, 1.807) is 12.5 Å². The van der Waals surface area contributed by atoms with Crippen LogP contribution in [0.15, 0.2) is 18.7 Å². The lowest BCUT2D eigenvalue weighted by molar-refractivity contribution is -0.130. The maximum Gasteiger partial charge on any atom is 0.158 e. The summed E-state index contributed by atoms with van der Waals surface area (Å²) in [5, 5.41) is 0. The zero-order valence-corrected chi connectivity index (χ0v) is 9.28. The van der Waals surface area contributed by atoms with Crippen molar-refractivity contribution < 1.29 is 4.79 Å². The monoisotopic (exact) mass is 206 g/mol. The summed E-state index contributed by atoms with van der Waals surface area (Å²) >= 11 is 0. The van der Waals surface area contributed by atoms with Gasteiger partial charge in [-0.05, 0) is 12.8 Å². The average Bonchev–Trinajstić information content (AvgIpc) is 2.71. The van der Waals surface area contributed by atoms with Gasteiger partial charge in [0.25, 0.3) is 0 Å². The maximum absolute atomic E-state index is 12.1. The molecule has 1 saturated carbocycles. The van der Waals surface area contributed by atoms with Crippen molar-refractivity contribution in [2.75, 3.05) is 0 Å². The van der Waals surface area contributed by atoms with Crippen LogP contribution in [0.25, 0.3) is 0 Å². The molecule has 1 fully saturated rings. The Bertz CT molecular complexity index is 323. The predicted molar refractivity (Wildman–Crippen MR) is 58.4 cm³/mol. The molecule has 0 aliphatic heterocycles. The summed E-state index contributed by atoms with van der Waals surface area (Å²) in [7, 11) is 0. The van der Waals surface area contributed by atoms with Crippen molar-refractivity contribution in [3.05, 3.63) is 18.7 Å². The Morgan fingerprint density at radius 2 is 2.13 bits per heavy atom. The first kappa shape index (κ1) is 10.4. The molecule has 1 aromatic heterocycles. The van der Waals surface area contributed by atoms with E-state index in [9.17, 15) is 4.79 Å². The normalized spacial score (nSPS) is 20.1. The van der Waals surface area contributed by atoms with Crippen LogP contribution in [0.2, 0.25) is 0 Å². The summed E-state index contributed by atoms with van der Waals surface area (Å²) in [6.45, 7) is 2.60. The summed E-state index contributed by atoms with van der Waals surface area (Å²) in [4.78, 5) is 16.1. The second-order valence-corrected chi connectivity index (χ2v) is 4.78. The number of imidazole rings is 1. The minimum Gasteiger partial charge on any atom is -0.330 e. The molecule has 0 radical (unpaired) electrons. The molecule has 2 rings (SSSR count). The first-order valence-electron chi connectivity index (χ1n) is 5.70. The molecule has 1 aliphatic carbocycles. The molecular formula is C12H18N2O. The van der Waals surface area contributed by atoms with Gasteiger partial charge in [-0.1, -0.05) is 26.2 Å². The van der Waals surface area contributed by atoms with Crippen molar-refractivity contribution in [1.29, 1.82) is 0 Å². The largest absolute Gasteiger partial charge is 0.330 e. The standard InChI is InChI=1S/C12H18N2O/c1-12(5-3-2-4-6-12)11(15)9-14-8-7-13-10-14/h7-8,10H,2-6,9H2,1H3. The molecule has 0 unspecified atom stereocenters. The molecule has 3 heteroatoms. The van der Waals surface area contributed by atoms with E-state index in [1.165, 1.54) is 19.3 Å². The fraction of sp³-hybridized carbons (Fsp3) is 0.667.